The van der Waals surface area contributed by atoms with Gasteiger partial charge in [-0.3, -0.25) is 0 Å². The van der Waals surface area contributed by atoms with Gasteiger partial charge in [0, 0.05) is 13.7 Å². The van der Waals surface area contributed by atoms with Crippen LogP contribution in [-0.2, 0) is 14.8 Å². The lowest BCUT2D eigenvalue weighted by Crippen LogP contribution is -2.31. The minimum absolute atomic E-state index is 0.168. The molecule has 1 aromatic rings. The van der Waals surface area contributed by atoms with Crippen LogP contribution in [0, 0.1) is 6.92 Å². The molecule has 1 aromatic carbocycles. The second kappa shape index (κ2) is 6.88. The second-order valence-corrected chi connectivity index (χ2v) is 6.03. The first-order valence-corrected chi connectivity index (χ1v) is 7.65. The molecule has 0 aliphatic rings. The molecule has 6 heteroatoms. The van der Waals surface area contributed by atoms with Gasteiger partial charge < -0.3 is 9.47 Å². The molecule has 0 saturated carbocycles. The number of nitrogens with one attached hydrogen (secondary N) is 1. The van der Waals surface area contributed by atoms with Crippen molar-refractivity contribution in [3.8, 4) is 5.75 Å². The van der Waals surface area contributed by atoms with Gasteiger partial charge in [0.25, 0.3) is 0 Å². The summed E-state index contributed by atoms with van der Waals surface area (Å²) >= 11 is 0. The average Bonchev–Trinajstić information content (AvgIpc) is 2.38. The van der Waals surface area contributed by atoms with Crippen LogP contribution in [0.1, 0.15) is 19.4 Å². The van der Waals surface area contributed by atoms with E-state index in [0.717, 1.165) is 5.56 Å². The molecule has 0 aromatic heterocycles. The van der Waals surface area contributed by atoms with E-state index < -0.39 is 10.0 Å². The van der Waals surface area contributed by atoms with Crippen molar-refractivity contribution in [3.63, 3.8) is 0 Å². The predicted octanol–water partition coefficient (Wildman–Crippen LogP) is 1.71. The lowest BCUT2D eigenvalue weighted by Gasteiger charge is -2.13. The maximum absolute atomic E-state index is 12.1. The molecular weight excluding hydrogens is 266 g/mol. The fourth-order valence-corrected chi connectivity index (χ4v) is 2.70. The van der Waals surface area contributed by atoms with Crippen LogP contribution in [0.5, 0.6) is 5.75 Å². The number of hydrogen-bond donors (Lipinski definition) is 1. The molecule has 1 N–H and O–H groups in total. The Labute approximate surface area is 115 Å². The maximum atomic E-state index is 12.1. The zero-order chi connectivity index (χ0) is 14.5. The molecule has 1 rings (SSSR count). The van der Waals surface area contributed by atoms with Gasteiger partial charge in [-0.05, 0) is 44.5 Å². The highest BCUT2D eigenvalue weighted by molar-refractivity contribution is 7.89. The number of sulfonamides is 1. The van der Waals surface area contributed by atoms with Crippen molar-refractivity contribution >= 4 is 10.0 Å². The van der Waals surface area contributed by atoms with Crippen molar-refractivity contribution in [2.24, 2.45) is 0 Å². The van der Waals surface area contributed by atoms with E-state index in [1.807, 2.05) is 13.8 Å². The Bertz CT molecular complexity index is 513. The highest BCUT2D eigenvalue weighted by atomic mass is 32.2. The van der Waals surface area contributed by atoms with Crippen LogP contribution in [0.15, 0.2) is 23.1 Å². The van der Waals surface area contributed by atoms with Crippen LogP contribution in [-0.4, -0.2) is 34.8 Å². The molecule has 1 atom stereocenters. The average molecular weight is 287 g/mol. The van der Waals surface area contributed by atoms with Crippen LogP contribution in [0.4, 0.5) is 0 Å². The topological polar surface area (TPSA) is 64.6 Å². The predicted molar refractivity (Wildman–Crippen MR) is 74.0 cm³/mol. The number of benzene rings is 1. The molecular formula is C13H21NO4S. The summed E-state index contributed by atoms with van der Waals surface area (Å²) in [7, 11) is -1.96. The highest BCUT2D eigenvalue weighted by Crippen LogP contribution is 2.21. The van der Waals surface area contributed by atoms with Gasteiger partial charge in [-0.1, -0.05) is 0 Å². The van der Waals surface area contributed by atoms with Gasteiger partial charge in [-0.15, -0.1) is 0 Å². The van der Waals surface area contributed by atoms with Crippen LogP contribution in [0.25, 0.3) is 0 Å². The molecule has 108 valence electrons. The molecule has 0 fully saturated rings. The molecule has 0 radical (unpaired) electrons. The summed E-state index contributed by atoms with van der Waals surface area (Å²) in [4.78, 5) is 0.233. The van der Waals surface area contributed by atoms with E-state index in [0.29, 0.717) is 12.4 Å². The number of methoxy groups -OCH3 is 1. The molecule has 0 heterocycles. The van der Waals surface area contributed by atoms with Crippen LogP contribution in [0.3, 0.4) is 0 Å². The second-order valence-electron chi connectivity index (χ2n) is 4.26. The fourth-order valence-electron chi connectivity index (χ4n) is 1.50. The number of hydrogen-bond acceptors (Lipinski definition) is 4. The first-order valence-electron chi connectivity index (χ1n) is 6.16. The Morgan fingerprint density at radius 3 is 2.58 bits per heavy atom. The van der Waals surface area contributed by atoms with Gasteiger partial charge in [0.05, 0.1) is 17.6 Å². The standard InChI is InChI=1S/C13H21NO4S/c1-5-18-13-7-6-12(8-10(13)2)19(15,16)14-9-11(3)17-4/h6-8,11,14H,5,9H2,1-4H3. The Morgan fingerprint density at radius 1 is 1.37 bits per heavy atom. The molecule has 1 unspecified atom stereocenters. The van der Waals surface area contributed by atoms with Crippen molar-refractivity contribution in [1.29, 1.82) is 0 Å². The Hall–Kier alpha value is -1.11. The minimum Gasteiger partial charge on any atom is -0.494 e. The van der Waals surface area contributed by atoms with Gasteiger partial charge in [0.1, 0.15) is 5.75 Å². The zero-order valence-corrected chi connectivity index (χ0v) is 12.6. The third-order valence-electron chi connectivity index (χ3n) is 2.72. The van der Waals surface area contributed by atoms with Gasteiger partial charge in [0.15, 0.2) is 0 Å². The molecule has 19 heavy (non-hydrogen) atoms. The minimum atomic E-state index is -3.51. The Morgan fingerprint density at radius 2 is 2.05 bits per heavy atom. The van der Waals surface area contributed by atoms with E-state index >= 15 is 0 Å². The summed E-state index contributed by atoms with van der Waals surface area (Å²) < 4.78 is 37.0. The van der Waals surface area contributed by atoms with E-state index in [1.165, 1.54) is 6.07 Å². The number of ether oxygens (including phenoxy) is 2. The van der Waals surface area contributed by atoms with Gasteiger partial charge >= 0.3 is 0 Å². The summed E-state index contributed by atoms with van der Waals surface area (Å²) in [5, 5.41) is 0. The highest BCUT2D eigenvalue weighted by Gasteiger charge is 2.16. The molecule has 5 nitrogen and oxygen atoms in total. The summed E-state index contributed by atoms with van der Waals surface area (Å²) in [5.41, 5.74) is 0.796. The van der Waals surface area contributed by atoms with E-state index in [9.17, 15) is 8.42 Å². The lowest BCUT2D eigenvalue weighted by atomic mass is 10.2. The summed E-state index contributed by atoms with van der Waals surface area (Å²) in [6.07, 6.45) is -0.168. The Balaban J connectivity index is 2.87. The van der Waals surface area contributed by atoms with Crippen LogP contribution in [0.2, 0.25) is 0 Å². The van der Waals surface area contributed by atoms with Crippen LogP contribution >= 0.6 is 0 Å². The van der Waals surface area contributed by atoms with Crippen molar-refractivity contribution in [2.45, 2.75) is 31.8 Å². The van der Waals surface area contributed by atoms with Crippen molar-refractivity contribution in [3.05, 3.63) is 23.8 Å². The monoisotopic (exact) mass is 287 g/mol. The summed E-state index contributed by atoms with van der Waals surface area (Å²) in [6.45, 7) is 6.30. The zero-order valence-electron chi connectivity index (χ0n) is 11.8. The lowest BCUT2D eigenvalue weighted by molar-refractivity contribution is 0.122. The van der Waals surface area contributed by atoms with E-state index in [1.54, 1.807) is 26.2 Å². The third-order valence-corrected chi connectivity index (χ3v) is 4.14. The molecule has 0 amide bonds. The van der Waals surface area contributed by atoms with E-state index in [-0.39, 0.29) is 17.5 Å². The van der Waals surface area contributed by atoms with Crippen molar-refractivity contribution in [1.82, 2.24) is 4.72 Å². The first-order chi connectivity index (χ1) is 8.90. The summed E-state index contributed by atoms with van der Waals surface area (Å²) in [6, 6.07) is 4.82. The quantitative estimate of drug-likeness (QED) is 0.829. The van der Waals surface area contributed by atoms with E-state index in [4.69, 9.17) is 9.47 Å². The van der Waals surface area contributed by atoms with Crippen molar-refractivity contribution < 1.29 is 17.9 Å². The smallest absolute Gasteiger partial charge is 0.240 e. The Kier molecular flexibility index (Phi) is 5.78. The van der Waals surface area contributed by atoms with Gasteiger partial charge in [-0.25, -0.2) is 13.1 Å². The molecule has 0 bridgehead atoms. The van der Waals surface area contributed by atoms with Crippen LogP contribution < -0.4 is 9.46 Å². The third kappa shape index (κ3) is 4.49. The largest absolute Gasteiger partial charge is 0.494 e. The first kappa shape index (κ1) is 15.9. The fraction of sp³-hybridized carbons (Fsp3) is 0.538. The number of aryl methyl sites for hydroxylation is 1. The normalized spacial score (nSPS) is 13.3. The maximum Gasteiger partial charge on any atom is 0.240 e. The SMILES string of the molecule is CCOc1ccc(S(=O)(=O)NCC(C)OC)cc1C. The van der Waals surface area contributed by atoms with E-state index in [2.05, 4.69) is 4.72 Å². The number of rotatable bonds is 7. The molecule has 0 saturated heterocycles. The molecule has 0 spiro atoms. The van der Waals surface area contributed by atoms with Gasteiger partial charge in [-0.2, -0.15) is 0 Å². The van der Waals surface area contributed by atoms with Gasteiger partial charge in [0.2, 0.25) is 10.0 Å². The van der Waals surface area contributed by atoms with Crippen molar-refractivity contribution in [2.75, 3.05) is 20.3 Å². The summed E-state index contributed by atoms with van der Waals surface area (Å²) in [5.74, 6) is 0.701. The molecule has 0 aliphatic heterocycles. The molecule has 0 aliphatic carbocycles.